The molecule has 1 aliphatic rings. The molecule has 0 aliphatic carbocycles. The summed E-state index contributed by atoms with van der Waals surface area (Å²) in [6, 6.07) is 12.4. The third-order valence-electron chi connectivity index (χ3n) is 7.62. The van der Waals surface area contributed by atoms with Gasteiger partial charge < -0.3 is 20.5 Å². The number of aromatic nitrogens is 3. The van der Waals surface area contributed by atoms with Gasteiger partial charge in [-0.2, -0.15) is 5.10 Å². The second-order valence-electron chi connectivity index (χ2n) is 10.4. The van der Waals surface area contributed by atoms with Crippen molar-refractivity contribution in [2.24, 2.45) is 5.92 Å². The highest BCUT2D eigenvalue weighted by molar-refractivity contribution is 6.30. The molecule has 3 heterocycles. The molecule has 3 atom stereocenters. The number of aliphatic hydroxyl groups excluding tert-OH is 1. The number of aliphatic hydroxyl groups is 1. The van der Waals surface area contributed by atoms with E-state index in [0.717, 1.165) is 0 Å². The van der Waals surface area contributed by atoms with Crippen LogP contribution in [0.25, 0.3) is 16.8 Å². The van der Waals surface area contributed by atoms with Crippen LogP contribution < -0.4 is 16.0 Å². The number of ether oxygens (including phenoxy) is 1. The van der Waals surface area contributed by atoms with Gasteiger partial charge in [-0.3, -0.25) is 19.9 Å². The Hall–Kier alpha value is -4.81. The number of rotatable bonds is 4. The molecule has 2 aromatic carbocycles. The van der Waals surface area contributed by atoms with Crippen molar-refractivity contribution >= 4 is 40.9 Å². The third kappa shape index (κ3) is 6.26. The summed E-state index contributed by atoms with van der Waals surface area (Å²) in [5, 5.41) is 23.5. The maximum atomic E-state index is 14.7. The molecule has 3 amide bonds. The minimum absolute atomic E-state index is 0.0680. The summed E-state index contributed by atoms with van der Waals surface area (Å²) in [5.74, 6) is -2.34. The first-order valence-corrected chi connectivity index (χ1v) is 14.2. The van der Waals surface area contributed by atoms with Crippen molar-refractivity contribution in [3.05, 3.63) is 88.7 Å². The molecule has 2 bridgehead atoms. The molecule has 13 heteroatoms. The first kappa shape index (κ1) is 30.6. The Morgan fingerprint density at radius 3 is 2.75 bits per heavy atom. The molecule has 44 heavy (non-hydrogen) atoms. The fourth-order valence-corrected chi connectivity index (χ4v) is 5.19. The largest absolute Gasteiger partial charge is 0.453 e. The zero-order valence-electron chi connectivity index (χ0n) is 24.1. The van der Waals surface area contributed by atoms with Crippen LogP contribution in [0, 0.1) is 18.7 Å². The lowest BCUT2D eigenvalue weighted by Crippen LogP contribution is -2.34. The number of amides is 3. The second kappa shape index (κ2) is 12.8. The highest BCUT2D eigenvalue weighted by Crippen LogP contribution is 2.34. The van der Waals surface area contributed by atoms with Crippen molar-refractivity contribution in [3.8, 4) is 16.8 Å². The molecule has 0 spiro atoms. The number of hydrogen-bond acceptors (Lipinski definition) is 7. The third-order valence-corrected chi connectivity index (χ3v) is 7.91. The summed E-state index contributed by atoms with van der Waals surface area (Å²) in [6.07, 6.45) is 1.68. The standard InChI is InChI=1S/C31H30ClFN6O5/c1-16-27(40)10-9-23(37-30(42)21-15-35-39(17(21)2)26-6-4-5-22(32)28(26)33)25-13-18(11-12-34-25)20-8-7-19(36-31(43)44-3)14-24(20)38-29(16)41/h4-8,11-16,23,27,40H,9-10H2,1-3H3,(H,36,43)(H,37,42)(H,38,41). The molecule has 1 aliphatic heterocycles. The van der Waals surface area contributed by atoms with Crippen LogP contribution in [0.1, 0.15) is 47.6 Å². The van der Waals surface area contributed by atoms with Crippen molar-refractivity contribution in [2.45, 2.75) is 38.8 Å². The topological polar surface area (TPSA) is 147 Å². The lowest BCUT2D eigenvalue weighted by molar-refractivity contribution is -0.122. The van der Waals surface area contributed by atoms with Crippen LogP contribution in [0.3, 0.4) is 0 Å². The second-order valence-corrected chi connectivity index (χ2v) is 10.8. The van der Waals surface area contributed by atoms with Crippen molar-refractivity contribution in [2.75, 3.05) is 17.7 Å². The van der Waals surface area contributed by atoms with Crippen LogP contribution in [-0.2, 0) is 9.53 Å². The predicted octanol–water partition coefficient (Wildman–Crippen LogP) is 5.41. The van der Waals surface area contributed by atoms with Crippen molar-refractivity contribution < 1.29 is 28.6 Å². The Morgan fingerprint density at radius 1 is 1.18 bits per heavy atom. The highest BCUT2D eigenvalue weighted by atomic mass is 35.5. The van der Waals surface area contributed by atoms with Gasteiger partial charge in [-0.05, 0) is 61.7 Å². The molecule has 2 aromatic heterocycles. The Morgan fingerprint density at radius 2 is 1.98 bits per heavy atom. The Labute approximate surface area is 257 Å². The number of methoxy groups -OCH3 is 1. The van der Waals surface area contributed by atoms with Crippen molar-refractivity contribution in [1.29, 1.82) is 0 Å². The Kier molecular flexibility index (Phi) is 8.93. The van der Waals surface area contributed by atoms with E-state index < -0.39 is 41.8 Å². The summed E-state index contributed by atoms with van der Waals surface area (Å²) in [7, 11) is 1.24. The monoisotopic (exact) mass is 620 g/mol. The normalized spacial score (nSPS) is 18.2. The molecule has 4 aromatic rings. The summed E-state index contributed by atoms with van der Waals surface area (Å²) in [6.45, 7) is 3.26. The van der Waals surface area contributed by atoms with E-state index in [2.05, 4.69) is 30.8 Å². The van der Waals surface area contributed by atoms with Gasteiger partial charge >= 0.3 is 6.09 Å². The van der Waals surface area contributed by atoms with Gasteiger partial charge in [0, 0.05) is 17.4 Å². The maximum Gasteiger partial charge on any atom is 0.411 e. The number of carbonyl (C=O) groups excluding carboxylic acids is 3. The molecule has 3 unspecified atom stereocenters. The van der Waals surface area contributed by atoms with Crippen molar-refractivity contribution in [3.63, 3.8) is 0 Å². The number of hydrogen-bond donors (Lipinski definition) is 4. The SMILES string of the molecule is COC(=O)Nc1ccc2c(c1)NC(=O)C(C)C(O)CCC(NC(=O)c1cnn(-c3cccc(Cl)c3F)c1C)c1cc-2ccn1. The van der Waals surface area contributed by atoms with E-state index in [1.165, 1.54) is 30.1 Å². The van der Waals surface area contributed by atoms with Gasteiger partial charge in [0.25, 0.3) is 5.91 Å². The molecule has 0 radical (unpaired) electrons. The molecule has 0 saturated carbocycles. The van der Waals surface area contributed by atoms with E-state index in [0.29, 0.717) is 33.9 Å². The average molecular weight is 621 g/mol. The maximum absolute atomic E-state index is 14.7. The van der Waals surface area contributed by atoms with E-state index >= 15 is 0 Å². The average Bonchev–Trinajstić information content (AvgIpc) is 3.40. The van der Waals surface area contributed by atoms with Gasteiger partial charge in [0.15, 0.2) is 5.82 Å². The van der Waals surface area contributed by atoms with Crippen LogP contribution in [0.15, 0.2) is 60.9 Å². The fourth-order valence-electron chi connectivity index (χ4n) is 5.02. The minimum atomic E-state index is -1.04. The van der Waals surface area contributed by atoms with Gasteiger partial charge in [0.1, 0.15) is 5.69 Å². The van der Waals surface area contributed by atoms with Gasteiger partial charge in [0.2, 0.25) is 5.91 Å². The van der Waals surface area contributed by atoms with E-state index in [-0.39, 0.29) is 29.1 Å². The van der Waals surface area contributed by atoms with E-state index in [1.54, 1.807) is 56.4 Å². The molecule has 0 saturated heterocycles. The van der Waals surface area contributed by atoms with Crippen LogP contribution in [-0.4, -0.2) is 51.0 Å². The van der Waals surface area contributed by atoms with Gasteiger partial charge in [0.05, 0.1) is 59.0 Å². The number of pyridine rings is 1. The van der Waals surface area contributed by atoms with E-state index in [9.17, 15) is 23.9 Å². The number of nitrogens with one attached hydrogen (secondary N) is 3. The lowest BCUT2D eigenvalue weighted by atomic mass is 9.93. The quantitative estimate of drug-likeness (QED) is 0.238. The molecule has 11 nitrogen and oxygen atoms in total. The van der Waals surface area contributed by atoms with Gasteiger partial charge in [-0.15, -0.1) is 0 Å². The van der Waals surface area contributed by atoms with E-state index in [1.807, 2.05) is 0 Å². The number of carbonyl (C=O) groups is 3. The number of benzene rings is 2. The number of nitrogens with zero attached hydrogens (tertiary/aromatic N) is 3. The van der Waals surface area contributed by atoms with Crippen LogP contribution in [0.5, 0.6) is 0 Å². The van der Waals surface area contributed by atoms with Crippen LogP contribution in [0.4, 0.5) is 20.6 Å². The zero-order chi connectivity index (χ0) is 31.5. The van der Waals surface area contributed by atoms with E-state index in [4.69, 9.17) is 11.6 Å². The summed E-state index contributed by atoms with van der Waals surface area (Å²) >= 11 is 5.95. The minimum Gasteiger partial charge on any atom is -0.453 e. The number of fused-ring (bicyclic) bond motifs is 4. The van der Waals surface area contributed by atoms with Crippen molar-refractivity contribution in [1.82, 2.24) is 20.1 Å². The molecular formula is C31H30ClFN6O5. The molecular weight excluding hydrogens is 591 g/mol. The molecule has 228 valence electrons. The molecule has 0 fully saturated rings. The fraction of sp³-hybridized carbons (Fsp3) is 0.258. The number of halogens is 2. The zero-order valence-corrected chi connectivity index (χ0v) is 24.9. The van der Waals surface area contributed by atoms with Gasteiger partial charge in [-0.1, -0.05) is 30.7 Å². The first-order chi connectivity index (χ1) is 21.1. The summed E-state index contributed by atoms with van der Waals surface area (Å²) < 4.78 is 20.7. The molecule has 4 N–H and O–H groups in total. The lowest BCUT2D eigenvalue weighted by Gasteiger charge is -2.25. The highest BCUT2D eigenvalue weighted by Gasteiger charge is 2.28. The Bertz CT molecular complexity index is 1740. The van der Waals surface area contributed by atoms with Crippen LogP contribution in [0.2, 0.25) is 5.02 Å². The molecule has 5 rings (SSSR count). The predicted molar refractivity (Wildman–Crippen MR) is 162 cm³/mol. The summed E-state index contributed by atoms with van der Waals surface area (Å²) in [5.41, 5.74) is 3.37. The smallest absolute Gasteiger partial charge is 0.411 e. The Balaban J connectivity index is 1.50. The number of anilines is 2. The van der Waals surface area contributed by atoms with Crippen LogP contribution >= 0.6 is 11.6 Å². The summed E-state index contributed by atoms with van der Waals surface area (Å²) in [4.78, 5) is 43.0. The first-order valence-electron chi connectivity index (χ1n) is 13.8. The van der Waals surface area contributed by atoms with Gasteiger partial charge in [-0.25, -0.2) is 13.9 Å².